The van der Waals surface area contributed by atoms with E-state index >= 15 is 0 Å². The van der Waals surface area contributed by atoms with Crippen molar-refractivity contribution in [2.24, 2.45) is 0 Å². The van der Waals surface area contributed by atoms with Gasteiger partial charge in [-0.05, 0) is 43.3 Å². The fraction of sp³-hybridized carbons (Fsp3) is 0.0526. The van der Waals surface area contributed by atoms with Crippen molar-refractivity contribution in [1.29, 1.82) is 0 Å². The fourth-order valence-electron chi connectivity index (χ4n) is 2.65. The van der Waals surface area contributed by atoms with Crippen LogP contribution in [-0.4, -0.2) is 15.8 Å². The van der Waals surface area contributed by atoms with Gasteiger partial charge in [-0.25, -0.2) is 4.98 Å². The molecule has 0 aliphatic heterocycles. The normalized spacial score (nSPS) is 10.9. The van der Waals surface area contributed by atoms with Crippen molar-refractivity contribution in [3.63, 3.8) is 0 Å². The maximum Gasteiger partial charge on any atom is 0.433 e. The third-order valence-electron chi connectivity index (χ3n) is 3.91. The highest BCUT2D eigenvalue weighted by atomic mass is 16.6. The van der Waals surface area contributed by atoms with E-state index in [0.717, 1.165) is 17.2 Å². The smallest absolute Gasteiger partial charge is 0.433 e. The number of aryl methyl sites for hydroxylation is 1. The second-order valence-electron chi connectivity index (χ2n) is 5.92. The molecule has 1 amide bonds. The van der Waals surface area contributed by atoms with Crippen LogP contribution in [-0.2, 0) is 0 Å². The highest BCUT2D eigenvalue weighted by Gasteiger charge is 2.18. The molecule has 0 bridgehead atoms. The van der Waals surface area contributed by atoms with Crippen molar-refractivity contribution >= 4 is 28.6 Å². The molecule has 0 aliphatic rings. The van der Waals surface area contributed by atoms with Gasteiger partial charge in [0.25, 0.3) is 5.91 Å². The van der Waals surface area contributed by atoms with Crippen LogP contribution < -0.4 is 5.32 Å². The number of rotatable bonds is 4. The van der Waals surface area contributed by atoms with Gasteiger partial charge in [-0.2, -0.15) is 0 Å². The van der Waals surface area contributed by atoms with Crippen LogP contribution >= 0.6 is 0 Å². The number of carbonyl (C=O) groups is 1. The lowest BCUT2D eigenvalue weighted by atomic mass is 10.1. The summed E-state index contributed by atoms with van der Waals surface area (Å²) in [5.41, 5.74) is 3.58. The number of nitrogens with zero attached hydrogens (tertiary/aromatic N) is 2. The molecule has 0 radical (unpaired) electrons. The molecule has 2 aromatic heterocycles. The SMILES string of the molecule is Cc1cccc(-c2nc3cc(NC(=O)c4ccc([N+](=O)[O-])o4)ccc3o2)c1. The van der Waals surface area contributed by atoms with E-state index in [2.05, 4.69) is 10.3 Å². The van der Waals surface area contributed by atoms with Gasteiger partial charge in [0.1, 0.15) is 10.4 Å². The molecular weight excluding hydrogens is 350 g/mol. The number of furan rings is 1. The summed E-state index contributed by atoms with van der Waals surface area (Å²) in [7, 11) is 0. The van der Waals surface area contributed by atoms with E-state index in [-0.39, 0.29) is 5.76 Å². The Bertz CT molecular complexity index is 1180. The van der Waals surface area contributed by atoms with Crippen LogP contribution in [0.4, 0.5) is 11.6 Å². The van der Waals surface area contributed by atoms with Gasteiger partial charge < -0.3 is 14.2 Å². The zero-order chi connectivity index (χ0) is 19.0. The van der Waals surface area contributed by atoms with Gasteiger partial charge >= 0.3 is 5.88 Å². The average molecular weight is 363 g/mol. The van der Waals surface area contributed by atoms with Crippen molar-refractivity contribution < 1.29 is 18.6 Å². The molecule has 4 aromatic rings. The van der Waals surface area contributed by atoms with Crippen molar-refractivity contribution in [2.75, 3.05) is 5.32 Å². The highest BCUT2D eigenvalue weighted by molar-refractivity contribution is 6.03. The molecular formula is C19H13N3O5. The zero-order valence-corrected chi connectivity index (χ0v) is 14.1. The number of hydrogen-bond donors (Lipinski definition) is 1. The van der Waals surface area contributed by atoms with E-state index in [0.29, 0.717) is 22.7 Å². The lowest BCUT2D eigenvalue weighted by Crippen LogP contribution is -2.10. The Morgan fingerprint density at radius 3 is 2.70 bits per heavy atom. The monoisotopic (exact) mass is 363 g/mol. The second-order valence-corrected chi connectivity index (χ2v) is 5.92. The summed E-state index contributed by atoms with van der Waals surface area (Å²) in [6.45, 7) is 1.98. The van der Waals surface area contributed by atoms with Gasteiger partial charge in [-0.3, -0.25) is 14.9 Å². The molecule has 0 saturated heterocycles. The topological polar surface area (TPSA) is 111 Å². The molecule has 4 rings (SSSR count). The number of anilines is 1. The standard InChI is InChI=1S/C19H13N3O5/c1-11-3-2-4-12(9-11)19-21-14-10-13(5-6-15(14)27-19)20-18(23)16-7-8-17(26-16)22(24)25/h2-10H,1H3,(H,20,23). The molecule has 8 heteroatoms. The number of hydrogen-bond acceptors (Lipinski definition) is 6. The Hall–Kier alpha value is -3.94. The molecule has 0 unspecified atom stereocenters. The predicted molar refractivity (Wildman–Crippen MR) is 97.5 cm³/mol. The molecule has 0 atom stereocenters. The van der Waals surface area contributed by atoms with E-state index in [4.69, 9.17) is 8.83 Å². The largest absolute Gasteiger partial charge is 0.436 e. The minimum atomic E-state index is -0.703. The number of amides is 1. The molecule has 0 spiro atoms. The van der Waals surface area contributed by atoms with Crippen LogP contribution in [0.2, 0.25) is 0 Å². The lowest BCUT2D eigenvalue weighted by Gasteiger charge is -2.01. The van der Waals surface area contributed by atoms with E-state index in [1.54, 1.807) is 18.2 Å². The van der Waals surface area contributed by atoms with Crippen LogP contribution in [0.1, 0.15) is 16.1 Å². The van der Waals surface area contributed by atoms with E-state index in [1.807, 2.05) is 31.2 Å². The Morgan fingerprint density at radius 1 is 1.11 bits per heavy atom. The first-order valence-corrected chi connectivity index (χ1v) is 8.03. The lowest BCUT2D eigenvalue weighted by molar-refractivity contribution is -0.402. The molecule has 134 valence electrons. The molecule has 0 aliphatic carbocycles. The number of nitro groups is 1. The van der Waals surface area contributed by atoms with Gasteiger partial charge in [-0.1, -0.05) is 17.7 Å². The maximum atomic E-state index is 12.2. The summed E-state index contributed by atoms with van der Waals surface area (Å²) < 4.78 is 10.7. The Morgan fingerprint density at radius 2 is 1.96 bits per heavy atom. The van der Waals surface area contributed by atoms with Crippen LogP contribution in [0.3, 0.4) is 0 Å². The summed E-state index contributed by atoms with van der Waals surface area (Å²) in [6, 6.07) is 15.2. The van der Waals surface area contributed by atoms with Crippen molar-refractivity contribution in [3.8, 4) is 11.5 Å². The van der Waals surface area contributed by atoms with E-state index in [9.17, 15) is 14.9 Å². The van der Waals surface area contributed by atoms with Gasteiger partial charge in [-0.15, -0.1) is 0 Å². The maximum absolute atomic E-state index is 12.2. The van der Waals surface area contributed by atoms with Gasteiger partial charge in [0.15, 0.2) is 11.3 Å². The number of oxazole rings is 1. The van der Waals surface area contributed by atoms with Crippen LogP contribution in [0.25, 0.3) is 22.6 Å². The average Bonchev–Trinajstić information content (AvgIpc) is 3.28. The van der Waals surface area contributed by atoms with Crippen LogP contribution in [0, 0.1) is 17.0 Å². The first-order valence-electron chi connectivity index (χ1n) is 8.03. The molecule has 2 aromatic carbocycles. The highest BCUT2D eigenvalue weighted by Crippen LogP contribution is 2.27. The van der Waals surface area contributed by atoms with Crippen LogP contribution in [0.5, 0.6) is 0 Å². The summed E-state index contributed by atoms with van der Waals surface area (Å²) in [4.78, 5) is 26.6. The number of carbonyl (C=O) groups excluding carboxylic acids is 1. The van der Waals surface area contributed by atoms with Crippen molar-refractivity contribution in [2.45, 2.75) is 6.92 Å². The van der Waals surface area contributed by atoms with Gasteiger partial charge in [0.2, 0.25) is 5.89 Å². The predicted octanol–water partition coefficient (Wildman–Crippen LogP) is 4.56. The first-order chi connectivity index (χ1) is 13.0. The number of nitrogens with one attached hydrogen (secondary N) is 1. The third kappa shape index (κ3) is 3.28. The Kier molecular flexibility index (Phi) is 3.92. The summed E-state index contributed by atoms with van der Waals surface area (Å²) >= 11 is 0. The number of benzene rings is 2. The number of fused-ring (bicyclic) bond motifs is 1. The Labute approximate surface area is 152 Å². The zero-order valence-electron chi connectivity index (χ0n) is 14.1. The third-order valence-corrected chi connectivity index (χ3v) is 3.91. The second kappa shape index (κ2) is 6.41. The summed E-state index contributed by atoms with van der Waals surface area (Å²) in [5, 5.41) is 13.3. The molecule has 1 N–H and O–H groups in total. The summed E-state index contributed by atoms with van der Waals surface area (Å²) in [5.74, 6) is -0.749. The van der Waals surface area contributed by atoms with Crippen LogP contribution in [0.15, 0.2) is 63.4 Å². The van der Waals surface area contributed by atoms with Crippen molar-refractivity contribution in [1.82, 2.24) is 4.98 Å². The van der Waals surface area contributed by atoms with E-state index in [1.165, 1.54) is 6.07 Å². The Balaban J connectivity index is 1.59. The first kappa shape index (κ1) is 16.5. The fourth-order valence-corrected chi connectivity index (χ4v) is 2.65. The number of aromatic nitrogens is 1. The molecule has 2 heterocycles. The van der Waals surface area contributed by atoms with Gasteiger partial charge in [0, 0.05) is 11.3 Å². The summed E-state index contributed by atoms with van der Waals surface area (Å²) in [6.07, 6.45) is 0. The molecule has 27 heavy (non-hydrogen) atoms. The molecule has 0 fully saturated rings. The van der Waals surface area contributed by atoms with Gasteiger partial charge in [0.05, 0.1) is 6.07 Å². The van der Waals surface area contributed by atoms with E-state index < -0.39 is 16.7 Å². The van der Waals surface area contributed by atoms with Crippen molar-refractivity contribution in [3.05, 3.63) is 76.0 Å². The quantitative estimate of drug-likeness (QED) is 0.420. The molecule has 8 nitrogen and oxygen atoms in total. The minimum Gasteiger partial charge on any atom is -0.436 e. The minimum absolute atomic E-state index is 0.151. The molecule has 0 saturated carbocycles.